The number of hydrogen-bond acceptors (Lipinski definition) is 9. The third-order valence-electron chi connectivity index (χ3n) is 11.6. The van der Waals surface area contributed by atoms with Crippen molar-refractivity contribution in [1.82, 2.24) is 25.0 Å². The molecular weight excluding hydrogens is 669 g/mol. The first kappa shape index (κ1) is 33.1. The van der Waals surface area contributed by atoms with Gasteiger partial charge in [0.05, 0.1) is 29.1 Å². The number of aromatic nitrogens is 3. The van der Waals surface area contributed by atoms with Crippen molar-refractivity contribution >= 4 is 45.8 Å². The number of para-hydroxylation sites is 3. The van der Waals surface area contributed by atoms with Gasteiger partial charge in [-0.25, -0.2) is 0 Å². The molecule has 5 heterocycles. The SMILES string of the molecule is O=C1CCC(N2CCN(C3CCC(N4CCN(c5ccc(-n6ccc7nnc(-c8ccccc8O)cc76)cc5)C(=O)C4)CC3)c3ccccc32)C(=O)N1. The lowest BCUT2D eigenvalue weighted by Crippen LogP contribution is -2.58. The number of benzene rings is 3. The normalized spacial score (nSPS) is 22.6. The van der Waals surface area contributed by atoms with Gasteiger partial charge in [0.25, 0.3) is 0 Å². The van der Waals surface area contributed by atoms with E-state index in [-0.39, 0.29) is 29.5 Å². The summed E-state index contributed by atoms with van der Waals surface area (Å²) in [4.78, 5) is 47.1. The number of carbonyl (C=O) groups is 3. The third kappa shape index (κ3) is 6.16. The Balaban J connectivity index is 0.825. The van der Waals surface area contributed by atoms with E-state index in [0.29, 0.717) is 49.3 Å². The van der Waals surface area contributed by atoms with Crippen LogP contribution in [0.2, 0.25) is 0 Å². The molecule has 3 aliphatic heterocycles. The second-order valence-corrected chi connectivity index (χ2v) is 14.5. The minimum absolute atomic E-state index is 0.124. The molecular formula is C41H42N8O4. The molecule has 53 heavy (non-hydrogen) atoms. The van der Waals surface area contributed by atoms with Crippen molar-refractivity contribution in [1.29, 1.82) is 0 Å². The molecule has 0 spiro atoms. The summed E-state index contributed by atoms with van der Waals surface area (Å²) in [6.45, 7) is 3.50. The van der Waals surface area contributed by atoms with E-state index in [9.17, 15) is 19.5 Å². The van der Waals surface area contributed by atoms with E-state index >= 15 is 0 Å². The first-order chi connectivity index (χ1) is 25.9. The number of phenols is 1. The van der Waals surface area contributed by atoms with E-state index in [0.717, 1.165) is 79.1 Å². The minimum atomic E-state index is -0.318. The van der Waals surface area contributed by atoms with Crippen molar-refractivity contribution in [3.63, 3.8) is 0 Å². The zero-order valence-electron chi connectivity index (χ0n) is 29.5. The van der Waals surface area contributed by atoms with Crippen LogP contribution in [0.4, 0.5) is 17.1 Å². The predicted molar refractivity (Wildman–Crippen MR) is 203 cm³/mol. The number of nitrogens with zero attached hydrogens (tertiary/aromatic N) is 7. The molecule has 0 radical (unpaired) electrons. The van der Waals surface area contributed by atoms with Gasteiger partial charge in [-0.15, -0.1) is 10.2 Å². The molecule has 1 unspecified atom stereocenters. The number of imide groups is 1. The molecule has 12 heteroatoms. The number of nitrogens with one attached hydrogen (secondary N) is 1. The lowest BCUT2D eigenvalue weighted by atomic mass is 9.88. The summed E-state index contributed by atoms with van der Waals surface area (Å²) in [5, 5.41) is 21.6. The van der Waals surface area contributed by atoms with Crippen LogP contribution in [0.25, 0.3) is 28.0 Å². The van der Waals surface area contributed by atoms with E-state index in [1.807, 2.05) is 70.3 Å². The zero-order chi connectivity index (χ0) is 36.1. The number of rotatable bonds is 6. The van der Waals surface area contributed by atoms with Crippen molar-refractivity contribution in [2.24, 2.45) is 0 Å². The molecule has 1 aliphatic carbocycles. The average molecular weight is 711 g/mol. The lowest BCUT2D eigenvalue weighted by Gasteiger charge is -2.48. The predicted octanol–water partition coefficient (Wildman–Crippen LogP) is 4.88. The van der Waals surface area contributed by atoms with E-state index in [2.05, 4.69) is 48.4 Å². The van der Waals surface area contributed by atoms with Gasteiger partial charge in [-0.3, -0.25) is 24.6 Å². The van der Waals surface area contributed by atoms with Crippen molar-refractivity contribution < 1.29 is 19.5 Å². The molecule has 2 saturated heterocycles. The van der Waals surface area contributed by atoms with Gasteiger partial charge in [0.2, 0.25) is 17.7 Å². The van der Waals surface area contributed by atoms with Crippen LogP contribution in [0.15, 0.2) is 91.1 Å². The number of anilines is 3. The summed E-state index contributed by atoms with van der Waals surface area (Å²) in [5.41, 5.74) is 6.93. The summed E-state index contributed by atoms with van der Waals surface area (Å²) in [5.74, 6) is -0.100. The molecule has 3 amide bonds. The Morgan fingerprint density at radius 1 is 0.698 bits per heavy atom. The molecule has 3 aromatic carbocycles. The highest BCUT2D eigenvalue weighted by atomic mass is 16.3. The number of piperazine rings is 1. The van der Waals surface area contributed by atoms with Gasteiger partial charge < -0.3 is 24.4 Å². The van der Waals surface area contributed by atoms with Gasteiger partial charge in [-0.2, -0.15) is 0 Å². The minimum Gasteiger partial charge on any atom is -0.507 e. The van der Waals surface area contributed by atoms with Crippen LogP contribution >= 0.6 is 0 Å². The fourth-order valence-corrected chi connectivity index (χ4v) is 8.87. The van der Waals surface area contributed by atoms with Crippen LogP contribution in [-0.2, 0) is 14.4 Å². The summed E-state index contributed by atoms with van der Waals surface area (Å²) >= 11 is 0. The van der Waals surface area contributed by atoms with Crippen LogP contribution in [-0.4, -0.2) is 93.3 Å². The Hall–Kier alpha value is -5.75. The van der Waals surface area contributed by atoms with E-state index < -0.39 is 0 Å². The number of amides is 3. The summed E-state index contributed by atoms with van der Waals surface area (Å²) < 4.78 is 2.05. The van der Waals surface area contributed by atoms with Crippen molar-refractivity contribution in [2.45, 2.75) is 56.7 Å². The van der Waals surface area contributed by atoms with Crippen molar-refractivity contribution in [2.75, 3.05) is 47.4 Å². The second kappa shape index (κ2) is 13.7. The van der Waals surface area contributed by atoms with Gasteiger partial charge in [0.15, 0.2) is 0 Å². The van der Waals surface area contributed by atoms with Crippen LogP contribution < -0.4 is 20.0 Å². The molecule has 2 aromatic heterocycles. The standard InChI is InChI=1S/C41H42N8O4/c50-38-8-4-1-5-31(38)33-25-37-32(43-44-33)19-20-46(37)28-13-15-30(16-14-28)48-22-21-45(26-40(48)52)27-9-11-29(12-10-27)47-23-24-49(35-7-3-2-6-34(35)47)36-17-18-39(51)42-41(36)53/h1-8,13-16,19-20,25,27,29,36,50H,9-12,17-18,21-24,26H2,(H,42,51,53). The molecule has 1 saturated carbocycles. The average Bonchev–Trinajstić information content (AvgIpc) is 3.61. The zero-order valence-corrected chi connectivity index (χ0v) is 29.5. The number of phenolic OH excluding ortho intramolecular Hbond substituents is 1. The second-order valence-electron chi connectivity index (χ2n) is 14.5. The number of carbonyl (C=O) groups excluding carboxylic acids is 3. The van der Waals surface area contributed by atoms with E-state index in [1.165, 1.54) is 0 Å². The quantitative estimate of drug-likeness (QED) is 0.237. The molecule has 5 aromatic rings. The van der Waals surface area contributed by atoms with Crippen LogP contribution in [0.5, 0.6) is 5.75 Å². The first-order valence-corrected chi connectivity index (χ1v) is 18.7. The molecule has 4 aliphatic rings. The first-order valence-electron chi connectivity index (χ1n) is 18.7. The maximum absolute atomic E-state index is 13.6. The number of piperidine rings is 1. The van der Waals surface area contributed by atoms with Gasteiger partial charge in [0, 0.05) is 67.8 Å². The molecule has 2 N–H and O–H groups in total. The number of aromatic hydroxyl groups is 1. The highest BCUT2D eigenvalue weighted by Crippen LogP contribution is 2.40. The monoisotopic (exact) mass is 710 g/mol. The van der Waals surface area contributed by atoms with Gasteiger partial charge in [-0.1, -0.05) is 24.3 Å². The Bertz CT molecular complexity index is 2190. The third-order valence-corrected chi connectivity index (χ3v) is 11.6. The van der Waals surface area contributed by atoms with Crippen LogP contribution in [0.1, 0.15) is 38.5 Å². The van der Waals surface area contributed by atoms with Crippen LogP contribution in [0, 0.1) is 0 Å². The van der Waals surface area contributed by atoms with Gasteiger partial charge >= 0.3 is 0 Å². The fourth-order valence-electron chi connectivity index (χ4n) is 8.87. The smallest absolute Gasteiger partial charge is 0.249 e. The maximum Gasteiger partial charge on any atom is 0.249 e. The van der Waals surface area contributed by atoms with Crippen molar-refractivity contribution in [3.05, 3.63) is 91.1 Å². The Labute approximate surface area is 307 Å². The lowest BCUT2D eigenvalue weighted by molar-refractivity contribution is -0.134. The molecule has 3 fully saturated rings. The summed E-state index contributed by atoms with van der Waals surface area (Å²) in [7, 11) is 0. The van der Waals surface area contributed by atoms with Gasteiger partial charge in [0.1, 0.15) is 17.3 Å². The summed E-state index contributed by atoms with van der Waals surface area (Å²) in [6.07, 6.45) is 7.08. The van der Waals surface area contributed by atoms with E-state index in [4.69, 9.17) is 0 Å². The summed E-state index contributed by atoms with van der Waals surface area (Å²) in [6, 6.07) is 27.9. The Kier molecular flexibility index (Phi) is 8.54. The number of hydrogen-bond donors (Lipinski definition) is 2. The largest absolute Gasteiger partial charge is 0.507 e. The highest BCUT2D eigenvalue weighted by molar-refractivity contribution is 6.02. The Morgan fingerprint density at radius 3 is 2.15 bits per heavy atom. The molecule has 12 nitrogen and oxygen atoms in total. The maximum atomic E-state index is 13.6. The molecule has 270 valence electrons. The Morgan fingerprint density at radius 2 is 1.40 bits per heavy atom. The fraction of sp³-hybridized carbons (Fsp3) is 0.341. The topological polar surface area (TPSA) is 127 Å². The highest BCUT2D eigenvalue weighted by Gasteiger charge is 2.39. The van der Waals surface area contributed by atoms with E-state index in [1.54, 1.807) is 12.1 Å². The molecule has 9 rings (SSSR count). The van der Waals surface area contributed by atoms with Crippen molar-refractivity contribution in [3.8, 4) is 22.7 Å². The van der Waals surface area contributed by atoms with Gasteiger partial charge in [-0.05, 0) is 92.8 Å². The number of fused-ring (bicyclic) bond motifs is 2. The molecule has 0 bridgehead atoms. The molecule has 1 atom stereocenters. The van der Waals surface area contributed by atoms with Crippen LogP contribution in [0.3, 0.4) is 0 Å².